The van der Waals surface area contributed by atoms with E-state index >= 15 is 0 Å². The van der Waals surface area contributed by atoms with Gasteiger partial charge in [0.15, 0.2) is 0 Å². The predicted octanol–water partition coefficient (Wildman–Crippen LogP) is 3.83. The molecule has 0 aliphatic carbocycles. The molecule has 2 aromatic rings. The third-order valence-corrected chi connectivity index (χ3v) is 3.27. The highest BCUT2D eigenvalue weighted by atomic mass is 19.4. The quantitative estimate of drug-likeness (QED) is 0.860. The van der Waals surface area contributed by atoms with Gasteiger partial charge in [-0.05, 0) is 18.1 Å². The predicted molar refractivity (Wildman–Crippen MR) is 77.5 cm³/mol. The van der Waals surface area contributed by atoms with Crippen molar-refractivity contribution in [3.05, 3.63) is 41.6 Å². The smallest absolute Gasteiger partial charge is 0.423 e. The van der Waals surface area contributed by atoms with Crippen molar-refractivity contribution in [3.8, 4) is 5.88 Å². The summed E-state index contributed by atoms with van der Waals surface area (Å²) in [6, 6.07) is 7.58. The number of para-hydroxylation sites is 1. The van der Waals surface area contributed by atoms with Gasteiger partial charge in [0.05, 0.1) is 7.11 Å². The van der Waals surface area contributed by atoms with Crippen LogP contribution in [0, 0.1) is 0 Å². The molecule has 0 unspecified atom stereocenters. The lowest BCUT2D eigenvalue weighted by atomic mass is 10.1. The first kappa shape index (κ1) is 16.1. The Balaban J connectivity index is 2.45. The highest BCUT2D eigenvalue weighted by Gasteiger charge is 2.36. The van der Waals surface area contributed by atoms with E-state index in [0.717, 1.165) is 31.0 Å². The largest absolute Gasteiger partial charge is 0.480 e. The molecule has 0 bridgehead atoms. The lowest BCUT2D eigenvalue weighted by Gasteiger charge is -2.21. The summed E-state index contributed by atoms with van der Waals surface area (Å²) in [5, 5.41) is 0. The molecule has 2 rings (SSSR count). The summed E-state index contributed by atoms with van der Waals surface area (Å²) in [7, 11) is 2.86. The Morgan fingerprint density at radius 1 is 1.23 bits per heavy atom. The van der Waals surface area contributed by atoms with Crippen molar-refractivity contribution in [2.45, 2.75) is 19.5 Å². The second-order valence-electron chi connectivity index (χ2n) is 4.63. The lowest BCUT2D eigenvalue weighted by molar-refractivity contribution is -0.139. The maximum atomic E-state index is 12.8. The Morgan fingerprint density at radius 3 is 2.50 bits per heavy atom. The molecule has 1 aromatic carbocycles. The van der Waals surface area contributed by atoms with Gasteiger partial charge in [0.1, 0.15) is 5.56 Å². The number of aryl methyl sites for hydroxylation is 1. The number of rotatable bonds is 4. The first-order valence-corrected chi connectivity index (χ1v) is 6.68. The minimum atomic E-state index is -4.55. The maximum Gasteiger partial charge on any atom is 0.423 e. The van der Waals surface area contributed by atoms with E-state index in [9.17, 15) is 13.2 Å². The highest BCUT2D eigenvalue weighted by molar-refractivity contribution is 5.61. The molecule has 0 fully saturated rings. The number of alkyl halides is 3. The molecule has 1 heterocycles. The number of aromatic nitrogens is 2. The van der Waals surface area contributed by atoms with Gasteiger partial charge in [0, 0.05) is 18.9 Å². The number of nitrogens with zero attached hydrogens (tertiary/aromatic N) is 3. The van der Waals surface area contributed by atoms with Crippen molar-refractivity contribution in [2.75, 3.05) is 19.1 Å². The van der Waals surface area contributed by atoms with Gasteiger partial charge in [0.2, 0.25) is 11.8 Å². The van der Waals surface area contributed by atoms with E-state index in [1.54, 1.807) is 11.9 Å². The molecule has 7 heteroatoms. The van der Waals surface area contributed by atoms with Crippen molar-refractivity contribution in [1.29, 1.82) is 0 Å². The number of anilines is 2. The van der Waals surface area contributed by atoms with Crippen LogP contribution in [0.25, 0.3) is 0 Å². The van der Waals surface area contributed by atoms with Crippen molar-refractivity contribution in [1.82, 2.24) is 9.97 Å². The minimum absolute atomic E-state index is 0.144. The molecule has 22 heavy (non-hydrogen) atoms. The molecule has 0 amide bonds. The maximum absolute atomic E-state index is 12.8. The summed E-state index contributed by atoms with van der Waals surface area (Å²) >= 11 is 0. The Kier molecular flexibility index (Phi) is 4.54. The number of methoxy groups -OCH3 is 1. The van der Waals surface area contributed by atoms with Gasteiger partial charge in [-0.15, -0.1) is 0 Å². The fourth-order valence-corrected chi connectivity index (χ4v) is 2.11. The van der Waals surface area contributed by atoms with Gasteiger partial charge in [-0.1, -0.05) is 25.1 Å². The van der Waals surface area contributed by atoms with Gasteiger partial charge in [-0.25, -0.2) is 4.98 Å². The Morgan fingerprint density at radius 2 is 1.91 bits per heavy atom. The van der Waals surface area contributed by atoms with Crippen LogP contribution in [-0.2, 0) is 12.6 Å². The van der Waals surface area contributed by atoms with Crippen LogP contribution in [0.4, 0.5) is 24.8 Å². The third kappa shape index (κ3) is 3.13. The zero-order chi connectivity index (χ0) is 16.3. The minimum Gasteiger partial charge on any atom is -0.480 e. The van der Waals surface area contributed by atoms with Gasteiger partial charge in [0.25, 0.3) is 0 Å². The Labute approximate surface area is 126 Å². The lowest BCUT2D eigenvalue weighted by Crippen LogP contribution is -2.17. The summed E-state index contributed by atoms with van der Waals surface area (Å²) in [4.78, 5) is 9.34. The SMILES string of the molecule is CCc1ccccc1N(C)c1ncc(C(F)(F)F)c(OC)n1. The molecule has 0 saturated carbocycles. The summed E-state index contributed by atoms with van der Waals surface area (Å²) in [5.74, 6) is -0.343. The van der Waals surface area contributed by atoms with E-state index in [0.29, 0.717) is 0 Å². The third-order valence-electron chi connectivity index (χ3n) is 3.27. The first-order valence-electron chi connectivity index (χ1n) is 6.68. The number of halogens is 3. The normalized spacial score (nSPS) is 11.4. The fraction of sp³-hybridized carbons (Fsp3) is 0.333. The van der Waals surface area contributed by atoms with Crippen LogP contribution in [0.1, 0.15) is 18.1 Å². The van der Waals surface area contributed by atoms with Crippen LogP contribution in [0.5, 0.6) is 5.88 Å². The first-order chi connectivity index (χ1) is 10.4. The molecule has 0 saturated heterocycles. The molecular weight excluding hydrogens is 295 g/mol. The second kappa shape index (κ2) is 6.21. The fourth-order valence-electron chi connectivity index (χ4n) is 2.11. The summed E-state index contributed by atoms with van der Waals surface area (Å²) in [6.07, 6.45) is -3.02. The average molecular weight is 311 g/mol. The molecule has 0 radical (unpaired) electrons. The topological polar surface area (TPSA) is 38.2 Å². The number of ether oxygens (including phenoxy) is 1. The van der Waals surface area contributed by atoms with Crippen LogP contribution in [0.15, 0.2) is 30.5 Å². The monoisotopic (exact) mass is 311 g/mol. The summed E-state index contributed by atoms with van der Waals surface area (Å²) in [5.41, 5.74) is 0.898. The van der Waals surface area contributed by atoms with E-state index in [2.05, 4.69) is 9.97 Å². The van der Waals surface area contributed by atoms with Crippen LogP contribution >= 0.6 is 0 Å². The molecular formula is C15H16F3N3O. The van der Waals surface area contributed by atoms with Gasteiger partial charge < -0.3 is 9.64 Å². The number of hydrogen-bond acceptors (Lipinski definition) is 4. The molecule has 0 aliphatic heterocycles. The van der Waals surface area contributed by atoms with Crippen LogP contribution in [0.2, 0.25) is 0 Å². The molecule has 0 aliphatic rings. The molecule has 118 valence electrons. The van der Waals surface area contributed by atoms with E-state index in [4.69, 9.17) is 4.74 Å². The van der Waals surface area contributed by atoms with E-state index < -0.39 is 17.6 Å². The standard InChI is InChI=1S/C15H16F3N3O/c1-4-10-7-5-6-8-12(10)21(2)14-19-9-11(15(16,17)18)13(20-14)22-3/h5-9H,4H2,1-3H3. The van der Waals surface area contributed by atoms with E-state index in [1.165, 1.54) is 0 Å². The van der Waals surface area contributed by atoms with Crippen molar-refractivity contribution >= 4 is 11.6 Å². The number of hydrogen-bond donors (Lipinski definition) is 0. The Bertz CT molecular complexity index is 659. The summed E-state index contributed by atoms with van der Waals surface area (Å²) < 4.78 is 43.3. The second-order valence-corrected chi connectivity index (χ2v) is 4.63. The van der Waals surface area contributed by atoms with Gasteiger partial charge >= 0.3 is 6.18 Å². The van der Waals surface area contributed by atoms with Gasteiger partial charge in [-0.2, -0.15) is 18.2 Å². The molecule has 1 aromatic heterocycles. The zero-order valence-electron chi connectivity index (χ0n) is 12.5. The summed E-state index contributed by atoms with van der Waals surface area (Å²) in [6.45, 7) is 2.00. The van der Waals surface area contributed by atoms with Crippen molar-refractivity contribution < 1.29 is 17.9 Å². The Hall–Kier alpha value is -2.31. The van der Waals surface area contributed by atoms with Crippen molar-refractivity contribution in [3.63, 3.8) is 0 Å². The molecule has 0 N–H and O–H groups in total. The van der Waals surface area contributed by atoms with Crippen LogP contribution in [-0.4, -0.2) is 24.1 Å². The zero-order valence-corrected chi connectivity index (χ0v) is 12.5. The van der Waals surface area contributed by atoms with Crippen LogP contribution in [0.3, 0.4) is 0 Å². The van der Waals surface area contributed by atoms with Crippen LogP contribution < -0.4 is 9.64 Å². The number of benzene rings is 1. The van der Waals surface area contributed by atoms with E-state index in [1.807, 2.05) is 31.2 Å². The molecule has 0 spiro atoms. The van der Waals surface area contributed by atoms with E-state index in [-0.39, 0.29) is 5.95 Å². The average Bonchev–Trinajstić information content (AvgIpc) is 2.52. The molecule has 0 atom stereocenters. The highest BCUT2D eigenvalue weighted by Crippen LogP contribution is 2.36. The van der Waals surface area contributed by atoms with Gasteiger partial charge in [-0.3, -0.25) is 0 Å². The molecule has 4 nitrogen and oxygen atoms in total. The van der Waals surface area contributed by atoms with Crippen molar-refractivity contribution in [2.24, 2.45) is 0 Å².